The minimum absolute atomic E-state index is 0.119. The predicted molar refractivity (Wildman–Crippen MR) is 68.9 cm³/mol. The summed E-state index contributed by atoms with van der Waals surface area (Å²) in [5, 5.41) is 14.6. The van der Waals surface area contributed by atoms with Crippen LogP contribution in [-0.4, -0.2) is 21.0 Å². The third-order valence-electron chi connectivity index (χ3n) is 3.96. The van der Waals surface area contributed by atoms with Crippen LogP contribution in [0.5, 0.6) is 0 Å². The third-order valence-corrected chi connectivity index (χ3v) is 3.96. The monoisotopic (exact) mass is 236 g/mol. The molecule has 17 heavy (non-hydrogen) atoms. The van der Waals surface area contributed by atoms with Crippen LogP contribution in [0.25, 0.3) is 0 Å². The molecule has 0 aromatic carbocycles. The van der Waals surface area contributed by atoms with Crippen LogP contribution in [-0.2, 0) is 13.0 Å². The van der Waals surface area contributed by atoms with E-state index in [0.717, 1.165) is 37.4 Å². The lowest BCUT2D eigenvalue weighted by molar-refractivity contribution is 0.0509. The average molecular weight is 236 g/mol. The van der Waals surface area contributed by atoms with Crippen LogP contribution in [0.1, 0.15) is 44.5 Å². The molecule has 1 fully saturated rings. The summed E-state index contributed by atoms with van der Waals surface area (Å²) in [6.45, 7) is 7.37. The number of aliphatic hydroxyl groups is 1. The summed E-state index contributed by atoms with van der Waals surface area (Å²) >= 11 is 0. The van der Waals surface area contributed by atoms with Crippen molar-refractivity contribution in [3.63, 3.8) is 0 Å². The summed E-state index contributed by atoms with van der Waals surface area (Å²) in [7, 11) is 0. The van der Waals surface area contributed by atoms with Crippen molar-refractivity contribution in [1.82, 2.24) is 9.78 Å². The van der Waals surface area contributed by atoms with E-state index >= 15 is 0 Å². The standard InChI is InChI=1S/C14H24N2O/c1-4-16-13(8-11(3)15-16)9-12-7-10(2)5-6-14(12)17/h8,10,12,14,17H,4-7,9H2,1-3H3. The van der Waals surface area contributed by atoms with E-state index in [1.54, 1.807) is 0 Å². The highest BCUT2D eigenvalue weighted by atomic mass is 16.3. The smallest absolute Gasteiger partial charge is 0.0596 e. The lowest BCUT2D eigenvalue weighted by atomic mass is 9.78. The van der Waals surface area contributed by atoms with Gasteiger partial charge in [0.2, 0.25) is 0 Å². The van der Waals surface area contributed by atoms with Gasteiger partial charge in [0.05, 0.1) is 11.8 Å². The van der Waals surface area contributed by atoms with Crippen molar-refractivity contribution in [2.24, 2.45) is 11.8 Å². The second kappa shape index (κ2) is 5.21. The quantitative estimate of drug-likeness (QED) is 0.876. The maximum absolute atomic E-state index is 10.1. The van der Waals surface area contributed by atoms with Crippen LogP contribution in [0.4, 0.5) is 0 Å². The van der Waals surface area contributed by atoms with Gasteiger partial charge in [-0.25, -0.2) is 0 Å². The largest absolute Gasteiger partial charge is 0.393 e. The molecule has 2 rings (SSSR count). The fourth-order valence-electron chi connectivity index (χ4n) is 3.01. The molecule has 3 atom stereocenters. The third kappa shape index (κ3) is 2.89. The Balaban J connectivity index is 2.08. The first-order valence-electron chi connectivity index (χ1n) is 6.81. The second-order valence-corrected chi connectivity index (χ2v) is 5.54. The zero-order valence-electron chi connectivity index (χ0n) is 11.2. The van der Waals surface area contributed by atoms with E-state index in [1.165, 1.54) is 12.1 Å². The summed E-state index contributed by atoms with van der Waals surface area (Å²) in [6, 6.07) is 2.16. The van der Waals surface area contributed by atoms with E-state index in [4.69, 9.17) is 0 Å². The first kappa shape index (κ1) is 12.6. The Kier molecular flexibility index (Phi) is 3.87. The molecule has 1 N–H and O–H groups in total. The van der Waals surface area contributed by atoms with E-state index in [0.29, 0.717) is 5.92 Å². The lowest BCUT2D eigenvalue weighted by Gasteiger charge is -2.31. The maximum Gasteiger partial charge on any atom is 0.0596 e. The summed E-state index contributed by atoms with van der Waals surface area (Å²) in [5.74, 6) is 1.17. The summed E-state index contributed by atoms with van der Waals surface area (Å²) in [4.78, 5) is 0. The fourth-order valence-corrected chi connectivity index (χ4v) is 3.01. The van der Waals surface area contributed by atoms with Gasteiger partial charge in [0.1, 0.15) is 0 Å². The summed E-state index contributed by atoms with van der Waals surface area (Å²) in [6.07, 6.45) is 4.14. The normalized spacial score (nSPS) is 29.5. The molecule has 1 aliphatic carbocycles. The van der Waals surface area contributed by atoms with Crippen LogP contribution in [0.3, 0.4) is 0 Å². The van der Waals surface area contributed by atoms with Crippen LogP contribution >= 0.6 is 0 Å². The van der Waals surface area contributed by atoms with Gasteiger partial charge in [-0.1, -0.05) is 6.92 Å². The molecule has 3 unspecified atom stereocenters. The number of rotatable bonds is 3. The first-order valence-corrected chi connectivity index (χ1v) is 6.81. The Morgan fingerprint density at radius 1 is 1.47 bits per heavy atom. The van der Waals surface area contributed by atoms with Crippen molar-refractivity contribution in [1.29, 1.82) is 0 Å². The van der Waals surface area contributed by atoms with Gasteiger partial charge in [-0.2, -0.15) is 5.10 Å². The molecule has 0 amide bonds. The van der Waals surface area contributed by atoms with Crippen molar-refractivity contribution in [3.8, 4) is 0 Å². The Morgan fingerprint density at radius 3 is 2.94 bits per heavy atom. The lowest BCUT2D eigenvalue weighted by Crippen LogP contribution is -2.30. The molecule has 1 aromatic heterocycles. The number of aromatic nitrogens is 2. The van der Waals surface area contributed by atoms with E-state index in [1.807, 2.05) is 6.92 Å². The van der Waals surface area contributed by atoms with E-state index in [2.05, 4.69) is 29.7 Å². The molecule has 3 nitrogen and oxygen atoms in total. The van der Waals surface area contributed by atoms with Crippen LogP contribution in [0.2, 0.25) is 0 Å². The predicted octanol–water partition coefficient (Wildman–Crippen LogP) is 2.55. The SMILES string of the molecule is CCn1nc(C)cc1CC1CC(C)CCC1O. The molecule has 0 saturated heterocycles. The topological polar surface area (TPSA) is 38.0 Å². The Labute approximate surface area is 104 Å². The van der Waals surface area contributed by atoms with Gasteiger partial charge in [0, 0.05) is 12.2 Å². The van der Waals surface area contributed by atoms with Crippen molar-refractivity contribution in [2.75, 3.05) is 0 Å². The number of nitrogens with zero attached hydrogens (tertiary/aromatic N) is 2. The van der Waals surface area contributed by atoms with Gasteiger partial charge >= 0.3 is 0 Å². The highest BCUT2D eigenvalue weighted by Gasteiger charge is 2.28. The number of hydrogen-bond acceptors (Lipinski definition) is 2. The average Bonchev–Trinajstić information content (AvgIpc) is 2.64. The molecule has 1 heterocycles. The molecule has 0 bridgehead atoms. The molecule has 0 radical (unpaired) electrons. The molecule has 0 spiro atoms. The van der Waals surface area contributed by atoms with Crippen molar-refractivity contribution in [3.05, 3.63) is 17.5 Å². The molecule has 1 aliphatic rings. The molecular formula is C14H24N2O. The fraction of sp³-hybridized carbons (Fsp3) is 0.786. The van der Waals surface area contributed by atoms with Crippen molar-refractivity contribution in [2.45, 2.75) is 59.1 Å². The molecule has 1 aromatic rings. The number of aryl methyl sites for hydroxylation is 2. The van der Waals surface area contributed by atoms with Gasteiger partial charge in [-0.3, -0.25) is 4.68 Å². The van der Waals surface area contributed by atoms with Crippen LogP contribution in [0, 0.1) is 18.8 Å². The Morgan fingerprint density at radius 2 is 2.24 bits per heavy atom. The minimum atomic E-state index is -0.119. The highest BCUT2D eigenvalue weighted by Crippen LogP contribution is 2.31. The van der Waals surface area contributed by atoms with E-state index in [-0.39, 0.29) is 6.10 Å². The van der Waals surface area contributed by atoms with Crippen molar-refractivity contribution < 1.29 is 5.11 Å². The highest BCUT2D eigenvalue weighted by molar-refractivity contribution is 5.10. The molecule has 0 aliphatic heterocycles. The second-order valence-electron chi connectivity index (χ2n) is 5.54. The Bertz CT molecular complexity index is 372. The summed E-state index contributed by atoms with van der Waals surface area (Å²) < 4.78 is 2.07. The van der Waals surface area contributed by atoms with Gasteiger partial charge in [0.25, 0.3) is 0 Å². The zero-order chi connectivity index (χ0) is 12.4. The van der Waals surface area contributed by atoms with Gasteiger partial charge in [0.15, 0.2) is 0 Å². The van der Waals surface area contributed by atoms with Crippen molar-refractivity contribution >= 4 is 0 Å². The Hall–Kier alpha value is -0.830. The molecule has 1 saturated carbocycles. The number of hydrogen-bond donors (Lipinski definition) is 1. The number of aliphatic hydroxyl groups excluding tert-OH is 1. The van der Waals surface area contributed by atoms with Crippen LogP contribution < -0.4 is 0 Å². The van der Waals surface area contributed by atoms with E-state index in [9.17, 15) is 5.11 Å². The zero-order valence-corrected chi connectivity index (χ0v) is 11.2. The van der Waals surface area contributed by atoms with Crippen LogP contribution in [0.15, 0.2) is 6.07 Å². The summed E-state index contributed by atoms with van der Waals surface area (Å²) in [5.41, 5.74) is 2.36. The van der Waals surface area contributed by atoms with Gasteiger partial charge in [-0.15, -0.1) is 0 Å². The van der Waals surface area contributed by atoms with E-state index < -0.39 is 0 Å². The minimum Gasteiger partial charge on any atom is -0.393 e. The first-order chi connectivity index (χ1) is 8.10. The van der Waals surface area contributed by atoms with Gasteiger partial charge in [-0.05, 0) is 57.4 Å². The molecular weight excluding hydrogens is 212 g/mol. The maximum atomic E-state index is 10.1. The molecule has 3 heteroatoms. The van der Waals surface area contributed by atoms with Gasteiger partial charge < -0.3 is 5.11 Å². The molecule has 96 valence electrons.